The molecule has 2 aliphatic rings. The van der Waals surface area contributed by atoms with Crippen LogP contribution in [0.3, 0.4) is 0 Å². The number of rotatable bonds is 4. The fraction of sp³-hybridized carbons (Fsp3) is 0.667. The van der Waals surface area contributed by atoms with Crippen molar-refractivity contribution in [3.63, 3.8) is 0 Å². The summed E-state index contributed by atoms with van der Waals surface area (Å²) in [7, 11) is 0. The highest BCUT2D eigenvalue weighted by Gasteiger charge is 2.26. The van der Waals surface area contributed by atoms with Gasteiger partial charge in [-0.25, -0.2) is 0 Å². The van der Waals surface area contributed by atoms with Crippen LogP contribution in [0.15, 0.2) is 23.1 Å². The molecule has 1 atom stereocenters. The van der Waals surface area contributed by atoms with Crippen molar-refractivity contribution in [2.75, 3.05) is 25.4 Å². The zero-order valence-corrected chi connectivity index (χ0v) is 16.8. The summed E-state index contributed by atoms with van der Waals surface area (Å²) in [6.07, 6.45) is 4.56. The topological polar surface area (TPSA) is 23.6 Å². The summed E-state index contributed by atoms with van der Waals surface area (Å²) in [6, 6.07) is 6.94. The Labute approximate surface area is 157 Å². The van der Waals surface area contributed by atoms with Crippen LogP contribution in [0.2, 0.25) is 0 Å². The van der Waals surface area contributed by atoms with Crippen LogP contribution in [-0.4, -0.2) is 47.1 Å². The van der Waals surface area contributed by atoms with Gasteiger partial charge in [0.25, 0.3) is 0 Å². The molecule has 0 spiro atoms. The third kappa shape index (κ3) is 4.79. The van der Waals surface area contributed by atoms with Crippen molar-refractivity contribution in [3.05, 3.63) is 29.3 Å². The minimum Gasteiger partial charge on any atom is -0.335 e. The molecule has 1 unspecified atom stereocenters. The predicted octanol–water partition coefficient (Wildman–Crippen LogP) is 4.33. The van der Waals surface area contributed by atoms with E-state index in [4.69, 9.17) is 0 Å². The van der Waals surface area contributed by atoms with Gasteiger partial charge in [-0.1, -0.05) is 31.0 Å². The normalized spacial score (nSPS) is 22.5. The molecule has 0 aliphatic carbocycles. The molecule has 1 amide bonds. The quantitative estimate of drug-likeness (QED) is 0.798. The Hall–Kier alpha value is -1.00. The van der Waals surface area contributed by atoms with Gasteiger partial charge in [0.05, 0.1) is 0 Å². The third-order valence-corrected chi connectivity index (χ3v) is 7.17. The lowest BCUT2D eigenvalue weighted by molar-refractivity contribution is -0.133. The first-order valence-corrected chi connectivity index (χ1v) is 10.8. The molecule has 1 saturated heterocycles. The summed E-state index contributed by atoms with van der Waals surface area (Å²) in [5.41, 5.74) is 2.59. The van der Waals surface area contributed by atoms with Gasteiger partial charge in [0, 0.05) is 36.2 Å². The summed E-state index contributed by atoms with van der Waals surface area (Å²) in [5.74, 6) is 2.21. The number of piperidine rings is 1. The van der Waals surface area contributed by atoms with E-state index in [-0.39, 0.29) is 0 Å². The summed E-state index contributed by atoms with van der Waals surface area (Å²) in [4.78, 5) is 18.8. The number of aryl methyl sites for hydroxylation is 1. The zero-order valence-electron chi connectivity index (χ0n) is 16.0. The van der Waals surface area contributed by atoms with Crippen LogP contribution in [-0.2, 0) is 11.3 Å². The standard InChI is InChI=1S/C21H32N2OS/c1-4-18-7-10-22(11-8-18)12-9-21(24)23-14-19-13-16(2)5-6-20(19)25-15-17(23)3/h5-6,13,17-18H,4,7-12,14-15H2,1-3H3. The lowest BCUT2D eigenvalue weighted by atomic mass is 9.94. The third-order valence-electron chi connectivity index (χ3n) is 5.82. The van der Waals surface area contributed by atoms with Crippen molar-refractivity contribution in [2.24, 2.45) is 5.92 Å². The number of benzene rings is 1. The summed E-state index contributed by atoms with van der Waals surface area (Å²) < 4.78 is 0. The monoisotopic (exact) mass is 360 g/mol. The number of likely N-dealkylation sites (tertiary alicyclic amines) is 1. The van der Waals surface area contributed by atoms with Gasteiger partial charge in [-0.2, -0.15) is 0 Å². The van der Waals surface area contributed by atoms with Gasteiger partial charge < -0.3 is 9.80 Å². The van der Waals surface area contributed by atoms with Crippen molar-refractivity contribution in [3.8, 4) is 0 Å². The van der Waals surface area contributed by atoms with Crippen LogP contribution in [0.5, 0.6) is 0 Å². The maximum atomic E-state index is 12.9. The molecule has 1 fully saturated rings. The molecule has 0 saturated carbocycles. The van der Waals surface area contributed by atoms with Crippen molar-refractivity contribution in [1.29, 1.82) is 0 Å². The number of fused-ring (bicyclic) bond motifs is 1. The van der Waals surface area contributed by atoms with Crippen LogP contribution >= 0.6 is 11.8 Å². The van der Waals surface area contributed by atoms with Crippen molar-refractivity contribution < 1.29 is 4.79 Å². The second-order valence-corrected chi connectivity index (χ2v) is 8.80. The Bertz CT molecular complexity index is 596. The molecular weight excluding hydrogens is 328 g/mol. The molecule has 4 heteroatoms. The second-order valence-electron chi connectivity index (χ2n) is 7.74. The molecule has 3 nitrogen and oxygen atoms in total. The highest BCUT2D eigenvalue weighted by atomic mass is 32.2. The van der Waals surface area contributed by atoms with Gasteiger partial charge in [0.15, 0.2) is 0 Å². The number of nitrogens with zero attached hydrogens (tertiary/aromatic N) is 2. The molecule has 2 aliphatic heterocycles. The Kier molecular flexibility index (Phi) is 6.45. The van der Waals surface area contributed by atoms with Gasteiger partial charge >= 0.3 is 0 Å². The zero-order chi connectivity index (χ0) is 17.8. The van der Waals surface area contributed by atoms with E-state index in [0.717, 1.165) is 24.8 Å². The second kappa shape index (κ2) is 8.59. The van der Waals surface area contributed by atoms with Crippen LogP contribution in [0.25, 0.3) is 0 Å². The lowest BCUT2D eigenvalue weighted by Crippen LogP contribution is -2.41. The van der Waals surface area contributed by atoms with E-state index in [0.29, 0.717) is 18.4 Å². The molecular formula is C21H32N2OS. The Morgan fingerprint density at radius 1 is 1.28 bits per heavy atom. The van der Waals surface area contributed by atoms with E-state index in [9.17, 15) is 4.79 Å². The van der Waals surface area contributed by atoms with Gasteiger partial charge in [-0.3, -0.25) is 4.79 Å². The summed E-state index contributed by atoms with van der Waals surface area (Å²) in [6.45, 7) is 10.6. The molecule has 3 rings (SSSR count). The highest BCUT2D eigenvalue weighted by molar-refractivity contribution is 7.99. The Morgan fingerprint density at radius 3 is 2.76 bits per heavy atom. The molecule has 25 heavy (non-hydrogen) atoms. The maximum Gasteiger partial charge on any atom is 0.224 e. The molecule has 0 bridgehead atoms. The number of amides is 1. The number of carbonyl (C=O) groups excluding carboxylic acids is 1. The smallest absolute Gasteiger partial charge is 0.224 e. The number of hydrogen-bond acceptors (Lipinski definition) is 3. The molecule has 0 aromatic heterocycles. The first-order valence-electron chi connectivity index (χ1n) is 9.81. The average Bonchev–Trinajstić information content (AvgIpc) is 2.79. The molecule has 1 aromatic carbocycles. The molecule has 138 valence electrons. The highest BCUT2D eigenvalue weighted by Crippen LogP contribution is 2.31. The largest absolute Gasteiger partial charge is 0.335 e. The van der Waals surface area contributed by atoms with E-state index in [1.54, 1.807) is 0 Å². The van der Waals surface area contributed by atoms with Gasteiger partial charge in [-0.05, 0) is 57.3 Å². The van der Waals surface area contributed by atoms with Crippen molar-refractivity contribution in [2.45, 2.75) is 63.9 Å². The lowest BCUT2D eigenvalue weighted by Gasteiger charge is -2.32. The van der Waals surface area contributed by atoms with E-state index in [2.05, 4.69) is 48.8 Å². The van der Waals surface area contributed by atoms with E-state index < -0.39 is 0 Å². The number of carbonyl (C=O) groups is 1. The maximum absolute atomic E-state index is 12.9. The fourth-order valence-corrected chi connectivity index (χ4v) is 5.04. The van der Waals surface area contributed by atoms with E-state index >= 15 is 0 Å². The molecule has 0 N–H and O–H groups in total. The fourth-order valence-electron chi connectivity index (χ4n) is 3.96. The Balaban J connectivity index is 1.57. The average molecular weight is 361 g/mol. The SMILES string of the molecule is CCC1CCN(CCC(=O)N2Cc3cc(C)ccc3SCC2C)CC1. The van der Waals surface area contributed by atoms with Gasteiger partial charge in [0.1, 0.15) is 0 Å². The molecule has 1 aromatic rings. The first-order chi connectivity index (χ1) is 12.1. The molecule has 2 heterocycles. The van der Waals surface area contributed by atoms with Crippen LogP contribution in [0.4, 0.5) is 0 Å². The van der Waals surface area contributed by atoms with Crippen LogP contribution < -0.4 is 0 Å². The van der Waals surface area contributed by atoms with E-state index in [1.165, 1.54) is 48.4 Å². The number of hydrogen-bond donors (Lipinski definition) is 0. The minimum absolute atomic E-state index is 0.302. The van der Waals surface area contributed by atoms with E-state index in [1.807, 2.05) is 11.8 Å². The summed E-state index contributed by atoms with van der Waals surface area (Å²) in [5, 5.41) is 0. The van der Waals surface area contributed by atoms with Crippen LogP contribution in [0, 0.1) is 12.8 Å². The molecule has 0 radical (unpaired) electrons. The van der Waals surface area contributed by atoms with Crippen molar-refractivity contribution >= 4 is 17.7 Å². The first kappa shape index (κ1) is 18.8. The van der Waals surface area contributed by atoms with Gasteiger partial charge in [0.2, 0.25) is 5.91 Å². The predicted molar refractivity (Wildman–Crippen MR) is 106 cm³/mol. The number of thioether (sulfide) groups is 1. The van der Waals surface area contributed by atoms with Crippen molar-refractivity contribution in [1.82, 2.24) is 9.80 Å². The summed E-state index contributed by atoms with van der Waals surface area (Å²) >= 11 is 1.89. The van der Waals surface area contributed by atoms with Crippen LogP contribution in [0.1, 0.15) is 50.7 Å². The van der Waals surface area contributed by atoms with Gasteiger partial charge in [-0.15, -0.1) is 11.8 Å². The minimum atomic E-state index is 0.302. The Morgan fingerprint density at radius 2 is 2.04 bits per heavy atom.